The highest BCUT2D eigenvalue weighted by atomic mass is 16.5. The van der Waals surface area contributed by atoms with Crippen molar-refractivity contribution in [2.75, 3.05) is 5.73 Å². The average Bonchev–Trinajstić information content (AvgIpc) is 2.60. The molecule has 0 heterocycles. The Morgan fingerprint density at radius 3 is 2.50 bits per heavy atom. The SMILES string of the molecule is CCC(Oc1ccc(C)cc1N)C(=O)c1ccc2ccccc2c1. The molecule has 3 nitrogen and oxygen atoms in total. The van der Waals surface area contributed by atoms with Crippen LogP contribution in [-0.4, -0.2) is 11.9 Å². The topological polar surface area (TPSA) is 52.3 Å². The van der Waals surface area contributed by atoms with Gasteiger partial charge in [-0.05, 0) is 47.9 Å². The Morgan fingerprint density at radius 1 is 1.04 bits per heavy atom. The van der Waals surface area contributed by atoms with Crippen LogP contribution in [0.4, 0.5) is 5.69 Å². The summed E-state index contributed by atoms with van der Waals surface area (Å²) in [4.78, 5) is 12.8. The first kappa shape index (κ1) is 16.1. The van der Waals surface area contributed by atoms with Gasteiger partial charge in [-0.2, -0.15) is 0 Å². The minimum absolute atomic E-state index is 0.0248. The van der Waals surface area contributed by atoms with Crippen molar-refractivity contribution in [2.45, 2.75) is 26.4 Å². The normalized spacial score (nSPS) is 12.1. The van der Waals surface area contributed by atoms with E-state index in [1.165, 1.54) is 0 Å². The highest BCUT2D eigenvalue weighted by Gasteiger charge is 2.21. The molecule has 1 atom stereocenters. The summed E-state index contributed by atoms with van der Waals surface area (Å²) >= 11 is 0. The fourth-order valence-corrected chi connectivity index (χ4v) is 2.78. The van der Waals surface area contributed by atoms with Gasteiger partial charge in [0.2, 0.25) is 5.78 Å². The van der Waals surface area contributed by atoms with E-state index in [1.807, 2.05) is 74.5 Å². The van der Waals surface area contributed by atoms with E-state index >= 15 is 0 Å². The molecule has 0 aliphatic heterocycles. The fourth-order valence-electron chi connectivity index (χ4n) is 2.78. The third-order valence-electron chi connectivity index (χ3n) is 4.13. The predicted octanol–water partition coefficient (Wildman–Crippen LogP) is 4.77. The molecule has 0 amide bonds. The summed E-state index contributed by atoms with van der Waals surface area (Å²) in [5.74, 6) is 0.532. The maximum absolute atomic E-state index is 12.8. The maximum atomic E-state index is 12.8. The van der Waals surface area contributed by atoms with Gasteiger partial charge in [-0.15, -0.1) is 0 Å². The number of carbonyl (C=O) groups excluding carboxylic acids is 1. The van der Waals surface area contributed by atoms with Gasteiger partial charge >= 0.3 is 0 Å². The molecule has 1 unspecified atom stereocenters. The molecule has 0 aliphatic rings. The molecule has 0 radical (unpaired) electrons. The van der Waals surface area contributed by atoms with E-state index in [4.69, 9.17) is 10.5 Å². The van der Waals surface area contributed by atoms with Crippen molar-refractivity contribution in [1.82, 2.24) is 0 Å². The van der Waals surface area contributed by atoms with Crippen LogP contribution in [0.3, 0.4) is 0 Å². The first-order valence-electron chi connectivity index (χ1n) is 8.14. The largest absolute Gasteiger partial charge is 0.480 e. The summed E-state index contributed by atoms with van der Waals surface area (Å²) in [6.07, 6.45) is 0.0371. The van der Waals surface area contributed by atoms with E-state index in [-0.39, 0.29) is 5.78 Å². The first-order valence-corrected chi connectivity index (χ1v) is 8.14. The van der Waals surface area contributed by atoms with Gasteiger partial charge in [-0.1, -0.05) is 49.4 Å². The number of fused-ring (bicyclic) bond motifs is 1. The van der Waals surface area contributed by atoms with Crippen molar-refractivity contribution >= 4 is 22.2 Å². The quantitative estimate of drug-likeness (QED) is 0.544. The lowest BCUT2D eigenvalue weighted by atomic mass is 10.0. The van der Waals surface area contributed by atoms with Crippen molar-refractivity contribution in [3.8, 4) is 5.75 Å². The summed E-state index contributed by atoms with van der Waals surface area (Å²) in [7, 11) is 0. The molecule has 3 rings (SSSR count). The Kier molecular flexibility index (Phi) is 4.52. The van der Waals surface area contributed by atoms with Crippen LogP contribution in [0.25, 0.3) is 10.8 Å². The molecule has 0 saturated heterocycles. The van der Waals surface area contributed by atoms with E-state index in [0.29, 0.717) is 23.4 Å². The van der Waals surface area contributed by atoms with E-state index < -0.39 is 6.10 Å². The third kappa shape index (κ3) is 3.25. The zero-order chi connectivity index (χ0) is 17.1. The van der Waals surface area contributed by atoms with Gasteiger partial charge in [-0.25, -0.2) is 0 Å². The average molecular weight is 319 g/mol. The minimum Gasteiger partial charge on any atom is -0.480 e. The number of ether oxygens (including phenoxy) is 1. The Bertz CT molecular complexity index is 886. The molecule has 3 aromatic rings. The number of hydrogen-bond donors (Lipinski definition) is 1. The number of Topliss-reactive ketones (excluding diaryl/α,β-unsaturated/α-hetero) is 1. The molecule has 0 fully saturated rings. The van der Waals surface area contributed by atoms with Crippen LogP contribution < -0.4 is 10.5 Å². The highest BCUT2D eigenvalue weighted by Crippen LogP contribution is 2.25. The van der Waals surface area contributed by atoms with Gasteiger partial charge in [0.25, 0.3) is 0 Å². The third-order valence-corrected chi connectivity index (χ3v) is 4.13. The molecule has 0 spiro atoms. The van der Waals surface area contributed by atoms with Gasteiger partial charge in [0.1, 0.15) is 5.75 Å². The van der Waals surface area contributed by atoms with Crippen molar-refractivity contribution < 1.29 is 9.53 Å². The van der Waals surface area contributed by atoms with Gasteiger partial charge < -0.3 is 10.5 Å². The number of anilines is 1. The minimum atomic E-state index is -0.545. The summed E-state index contributed by atoms with van der Waals surface area (Å²) in [5, 5.41) is 2.17. The zero-order valence-corrected chi connectivity index (χ0v) is 14.0. The Labute approximate surface area is 142 Å². The number of aryl methyl sites for hydroxylation is 1. The van der Waals surface area contributed by atoms with Crippen LogP contribution in [0, 0.1) is 6.92 Å². The second-order valence-electron chi connectivity index (χ2n) is 5.98. The number of benzene rings is 3. The molecule has 3 heteroatoms. The second-order valence-corrected chi connectivity index (χ2v) is 5.98. The Balaban J connectivity index is 1.87. The van der Waals surface area contributed by atoms with Crippen LogP contribution in [-0.2, 0) is 0 Å². The van der Waals surface area contributed by atoms with Gasteiger partial charge in [0.15, 0.2) is 6.10 Å². The maximum Gasteiger partial charge on any atom is 0.203 e. The molecule has 3 aromatic carbocycles. The molecular formula is C21H21NO2. The summed E-state index contributed by atoms with van der Waals surface area (Å²) in [6.45, 7) is 3.91. The van der Waals surface area contributed by atoms with Crippen LogP contribution >= 0.6 is 0 Å². The van der Waals surface area contributed by atoms with E-state index in [2.05, 4.69) is 0 Å². The second kappa shape index (κ2) is 6.75. The van der Waals surface area contributed by atoms with Crippen molar-refractivity contribution in [2.24, 2.45) is 0 Å². The summed E-state index contributed by atoms with van der Waals surface area (Å²) in [5.41, 5.74) is 8.28. The van der Waals surface area contributed by atoms with Crippen molar-refractivity contribution in [3.63, 3.8) is 0 Å². The lowest BCUT2D eigenvalue weighted by Crippen LogP contribution is -2.27. The fraction of sp³-hybridized carbons (Fsp3) is 0.190. The molecule has 0 aromatic heterocycles. The highest BCUT2D eigenvalue weighted by molar-refractivity contribution is 6.02. The lowest BCUT2D eigenvalue weighted by molar-refractivity contribution is 0.0788. The van der Waals surface area contributed by atoms with Gasteiger partial charge in [-0.3, -0.25) is 4.79 Å². The molecule has 0 saturated carbocycles. The number of ketones is 1. The summed E-state index contributed by atoms with van der Waals surface area (Å²) < 4.78 is 5.90. The Hall–Kier alpha value is -2.81. The first-order chi connectivity index (χ1) is 11.6. The number of hydrogen-bond acceptors (Lipinski definition) is 3. The van der Waals surface area contributed by atoms with Crippen molar-refractivity contribution in [3.05, 3.63) is 71.8 Å². The van der Waals surface area contributed by atoms with Gasteiger partial charge in [0, 0.05) is 5.56 Å². The standard InChI is InChI=1S/C21H21NO2/c1-3-19(24-20-11-8-14(2)12-18(20)22)21(23)17-10-9-15-6-4-5-7-16(15)13-17/h4-13,19H,3,22H2,1-2H3. The molecule has 0 aliphatic carbocycles. The zero-order valence-electron chi connectivity index (χ0n) is 14.0. The number of nitrogens with two attached hydrogens (primary N) is 1. The summed E-state index contributed by atoms with van der Waals surface area (Å²) in [6, 6.07) is 19.3. The number of carbonyl (C=O) groups is 1. The number of nitrogen functional groups attached to an aromatic ring is 1. The monoisotopic (exact) mass is 319 g/mol. The van der Waals surface area contributed by atoms with Crippen LogP contribution in [0.15, 0.2) is 60.7 Å². The molecule has 122 valence electrons. The van der Waals surface area contributed by atoms with Crippen molar-refractivity contribution in [1.29, 1.82) is 0 Å². The van der Waals surface area contributed by atoms with Crippen LogP contribution in [0.2, 0.25) is 0 Å². The van der Waals surface area contributed by atoms with Crippen LogP contribution in [0.5, 0.6) is 5.75 Å². The molecular weight excluding hydrogens is 298 g/mol. The molecule has 0 bridgehead atoms. The van der Waals surface area contributed by atoms with E-state index in [1.54, 1.807) is 0 Å². The molecule has 2 N–H and O–H groups in total. The van der Waals surface area contributed by atoms with Crippen LogP contribution in [0.1, 0.15) is 29.3 Å². The smallest absolute Gasteiger partial charge is 0.203 e. The van der Waals surface area contributed by atoms with Gasteiger partial charge in [0.05, 0.1) is 5.69 Å². The van der Waals surface area contributed by atoms with E-state index in [9.17, 15) is 4.79 Å². The lowest BCUT2D eigenvalue weighted by Gasteiger charge is -2.18. The van der Waals surface area contributed by atoms with E-state index in [0.717, 1.165) is 16.3 Å². The molecule has 24 heavy (non-hydrogen) atoms. The number of rotatable bonds is 5. The predicted molar refractivity (Wildman–Crippen MR) is 98.6 cm³/mol. The Morgan fingerprint density at radius 2 is 1.79 bits per heavy atom.